The highest BCUT2D eigenvalue weighted by Crippen LogP contribution is 2.24. The van der Waals surface area contributed by atoms with Gasteiger partial charge in [0.1, 0.15) is 5.76 Å². The van der Waals surface area contributed by atoms with Crippen molar-refractivity contribution in [2.45, 2.75) is 33.6 Å². The van der Waals surface area contributed by atoms with Crippen molar-refractivity contribution < 1.29 is 9.21 Å². The van der Waals surface area contributed by atoms with Gasteiger partial charge in [-0.3, -0.25) is 4.79 Å². The molecule has 4 nitrogen and oxygen atoms in total. The van der Waals surface area contributed by atoms with Crippen LogP contribution in [0.25, 0.3) is 11.5 Å². The maximum Gasteiger partial charge on any atom is 0.232 e. The van der Waals surface area contributed by atoms with Crippen molar-refractivity contribution in [2.24, 2.45) is 5.92 Å². The van der Waals surface area contributed by atoms with E-state index in [1.54, 1.807) is 0 Å². The number of nitrogens with one attached hydrogen (secondary N) is 1. The highest BCUT2D eigenvalue weighted by Gasteiger charge is 2.18. The number of nitrogens with zero attached hydrogens (tertiary/aromatic N) is 1. The summed E-state index contributed by atoms with van der Waals surface area (Å²) in [4.78, 5) is 17.1. The van der Waals surface area contributed by atoms with Gasteiger partial charge < -0.3 is 9.73 Å². The molecule has 3 aromatic rings. The number of rotatable bonds is 6. The van der Waals surface area contributed by atoms with E-state index in [2.05, 4.69) is 24.1 Å². The second kappa shape index (κ2) is 8.00. The minimum absolute atomic E-state index is 0.101. The number of amides is 1. The molecule has 1 aromatic heterocycles. The Bertz CT molecular complexity index is 882. The predicted octanol–water partition coefficient (Wildman–Crippen LogP) is 5.03. The van der Waals surface area contributed by atoms with Crippen LogP contribution in [0.2, 0.25) is 0 Å². The molecule has 0 radical (unpaired) electrons. The molecule has 0 bridgehead atoms. The number of hydrogen-bond donors (Lipinski definition) is 1. The molecule has 1 amide bonds. The molecule has 0 atom stereocenters. The molecule has 1 heterocycles. The van der Waals surface area contributed by atoms with Crippen molar-refractivity contribution in [2.75, 3.05) is 5.32 Å². The standard InChI is InChI=1S/C22H24N2O2/c1-15(2)12-19-20(26-22(24-19)17-9-5-4-6-10-17)14-21(25)23-18-11-7-8-16(3)13-18/h4-11,13,15H,12,14H2,1-3H3,(H,23,25). The van der Waals surface area contributed by atoms with Crippen LogP contribution >= 0.6 is 0 Å². The Labute approximate surface area is 154 Å². The summed E-state index contributed by atoms with van der Waals surface area (Å²) >= 11 is 0. The fraction of sp³-hybridized carbons (Fsp3) is 0.273. The Morgan fingerprint density at radius 2 is 1.88 bits per heavy atom. The third-order valence-corrected chi connectivity index (χ3v) is 4.02. The van der Waals surface area contributed by atoms with E-state index in [-0.39, 0.29) is 12.3 Å². The summed E-state index contributed by atoms with van der Waals surface area (Å²) in [5.74, 6) is 1.54. The van der Waals surface area contributed by atoms with E-state index in [9.17, 15) is 4.79 Å². The average Bonchev–Trinajstić information content (AvgIpc) is 2.97. The zero-order valence-electron chi connectivity index (χ0n) is 15.5. The molecule has 0 aliphatic carbocycles. The lowest BCUT2D eigenvalue weighted by Gasteiger charge is -2.06. The highest BCUT2D eigenvalue weighted by molar-refractivity contribution is 5.92. The van der Waals surface area contributed by atoms with E-state index in [0.29, 0.717) is 17.6 Å². The summed E-state index contributed by atoms with van der Waals surface area (Å²) in [5, 5.41) is 2.93. The molecule has 3 rings (SSSR count). The van der Waals surface area contributed by atoms with E-state index < -0.39 is 0 Å². The van der Waals surface area contributed by atoms with Crippen LogP contribution in [0.3, 0.4) is 0 Å². The molecule has 0 saturated heterocycles. The quantitative estimate of drug-likeness (QED) is 0.680. The van der Waals surface area contributed by atoms with Crippen LogP contribution in [0.5, 0.6) is 0 Å². The molecule has 0 spiro atoms. The Hall–Kier alpha value is -2.88. The fourth-order valence-electron chi connectivity index (χ4n) is 2.85. The van der Waals surface area contributed by atoms with Crippen molar-refractivity contribution in [3.8, 4) is 11.5 Å². The van der Waals surface area contributed by atoms with Gasteiger partial charge in [-0.15, -0.1) is 0 Å². The van der Waals surface area contributed by atoms with Crippen molar-refractivity contribution in [3.63, 3.8) is 0 Å². The molecular formula is C22H24N2O2. The molecule has 0 fully saturated rings. The van der Waals surface area contributed by atoms with E-state index >= 15 is 0 Å². The first-order valence-corrected chi connectivity index (χ1v) is 8.92. The number of anilines is 1. The Balaban J connectivity index is 1.81. The lowest BCUT2D eigenvalue weighted by Crippen LogP contribution is -2.15. The maximum absolute atomic E-state index is 12.5. The van der Waals surface area contributed by atoms with E-state index in [1.165, 1.54) is 0 Å². The van der Waals surface area contributed by atoms with E-state index in [1.807, 2.05) is 61.5 Å². The van der Waals surface area contributed by atoms with Crippen LogP contribution in [0, 0.1) is 12.8 Å². The van der Waals surface area contributed by atoms with Crippen molar-refractivity contribution in [1.82, 2.24) is 4.98 Å². The van der Waals surface area contributed by atoms with Crippen LogP contribution < -0.4 is 5.32 Å². The van der Waals surface area contributed by atoms with Crippen LogP contribution in [0.1, 0.15) is 30.9 Å². The largest absolute Gasteiger partial charge is 0.440 e. The van der Waals surface area contributed by atoms with Crippen molar-refractivity contribution >= 4 is 11.6 Å². The molecule has 4 heteroatoms. The van der Waals surface area contributed by atoms with E-state index in [4.69, 9.17) is 4.42 Å². The molecule has 0 aliphatic rings. The van der Waals surface area contributed by atoms with Gasteiger partial charge in [-0.25, -0.2) is 4.98 Å². The highest BCUT2D eigenvalue weighted by atomic mass is 16.4. The fourth-order valence-corrected chi connectivity index (χ4v) is 2.85. The number of oxazole rings is 1. The van der Waals surface area contributed by atoms with Crippen LogP contribution in [0.15, 0.2) is 59.0 Å². The summed E-state index contributed by atoms with van der Waals surface area (Å²) in [6, 6.07) is 17.5. The number of aromatic nitrogens is 1. The molecule has 0 saturated carbocycles. The molecule has 1 N–H and O–H groups in total. The van der Waals surface area contributed by atoms with Gasteiger partial charge in [0.25, 0.3) is 0 Å². The molecule has 0 aliphatic heterocycles. The molecular weight excluding hydrogens is 324 g/mol. The van der Waals surface area contributed by atoms with Crippen molar-refractivity contribution in [3.05, 3.63) is 71.6 Å². The van der Waals surface area contributed by atoms with Crippen LogP contribution in [-0.4, -0.2) is 10.9 Å². The molecule has 134 valence electrons. The topological polar surface area (TPSA) is 55.1 Å². The lowest BCUT2D eigenvalue weighted by atomic mass is 10.1. The second-order valence-electron chi connectivity index (χ2n) is 6.95. The first-order chi connectivity index (χ1) is 12.5. The van der Waals surface area contributed by atoms with Gasteiger partial charge in [-0.05, 0) is 49.1 Å². The zero-order chi connectivity index (χ0) is 18.5. The predicted molar refractivity (Wildman–Crippen MR) is 104 cm³/mol. The van der Waals surface area contributed by atoms with Gasteiger partial charge in [0.15, 0.2) is 0 Å². The van der Waals surface area contributed by atoms with Gasteiger partial charge in [-0.2, -0.15) is 0 Å². The van der Waals surface area contributed by atoms with Gasteiger partial charge in [-0.1, -0.05) is 44.2 Å². The van der Waals surface area contributed by atoms with Gasteiger partial charge in [0, 0.05) is 11.3 Å². The zero-order valence-corrected chi connectivity index (χ0v) is 15.5. The van der Waals surface area contributed by atoms with Gasteiger partial charge in [0.2, 0.25) is 11.8 Å². The Morgan fingerprint density at radius 3 is 2.58 bits per heavy atom. The van der Waals surface area contributed by atoms with Crippen molar-refractivity contribution in [1.29, 1.82) is 0 Å². The first kappa shape index (κ1) is 17.9. The summed E-state index contributed by atoms with van der Waals surface area (Å²) in [6.07, 6.45) is 0.958. The second-order valence-corrected chi connectivity index (χ2v) is 6.95. The number of carbonyl (C=O) groups excluding carboxylic acids is 1. The molecule has 0 unspecified atom stereocenters. The molecule has 2 aromatic carbocycles. The van der Waals surface area contributed by atoms with Crippen LogP contribution in [0.4, 0.5) is 5.69 Å². The summed E-state index contributed by atoms with van der Waals surface area (Å²) < 4.78 is 5.96. The number of benzene rings is 2. The summed E-state index contributed by atoms with van der Waals surface area (Å²) in [5.41, 5.74) is 3.68. The Kier molecular flexibility index (Phi) is 5.52. The first-order valence-electron chi connectivity index (χ1n) is 8.92. The smallest absolute Gasteiger partial charge is 0.232 e. The van der Waals surface area contributed by atoms with Crippen LogP contribution in [-0.2, 0) is 17.6 Å². The Morgan fingerprint density at radius 1 is 1.12 bits per heavy atom. The molecule has 26 heavy (non-hydrogen) atoms. The lowest BCUT2D eigenvalue weighted by molar-refractivity contribution is -0.115. The minimum Gasteiger partial charge on any atom is -0.440 e. The normalized spacial score (nSPS) is 10.9. The number of carbonyl (C=O) groups is 1. The summed E-state index contributed by atoms with van der Waals surface area (Å²) in [6.45, 7) is 6.26. The minimum atomic E-state index is -0.101. The SMILES string of the molecule is Cc1cccc(NC(=O)Cc2oc(-c3ccccc3)nc2CC(C)C)c1. The number of aryl methyl sites for hydroxylation is 1. The number of hydrogen-bond acceptors (Lipinski definition) is 3. The third kappa shape index (κ3) is 4.60. The van der Waals surface area contributed by atoms with Gasteiger partial charge in [0.05, 0.1) is 12.1 Å². The van der Waals surface area contributed by atoms with E-state index in [0.717, 1.165) is 28.9 Å². The third-order valence-electron chi connectivity index (χ3n) is 4.02. The maximum atomic E-state index is 12.5. The average molecular weight is 348 g/mol. The van der Waals surface area contributed by atoms with Gasteiger partial charge >= 0.3 is 0 Å². The summed E-state index contributed by atoms with van der Waals surface area (Å²) in [7, 11) is 0. The monoisotopic (exact) mass is 348 g/mol.